The van der Waals surface area contributed by atoms with Crippen LogP contribution in [0, 0.1) is 0 Å². The summed E-state index contributed by atoms with van der Waals surface area (Å²) < 4.78 is 19.0. The molecule has 0 bridgehead atoms. The smallest absolute Gasteiger partial charge is 0.275 e. The Morgan fingerprint density at radius 3 is 2.54 bits per heavy atom. The number of thiophene rings is 1. The fourth-order valence-electron chi connectivity index (χ4n) is 4.39. The average Bonchev–Trinajstić information content (AvgIpc) is 3.32. The van der Waals surface area contributed by atoms with Crippen LogP contribution in [-0.4, -0.2) is 59.4 Å². The van der Waals surface area contributed by atoms with E-state index in [0.717, 1.165) is 10.4 Å². The molecule has 37 heavy (non-hydrogen) atoms. The lowest BCUT2D eigenvalue weighted by Gasteiger charge is -2.35. The van der Waals surface area contributed by atoms with Crippen LogP contribution in [-0.2, 0) is 9.53 Å². The SMILES string of the molecule is COc1cc(-n2cnc3cc(-c4ccc(Cl)cc4)sc3c2=O)ccc1OCC(=O)N1CC(C)OC(C)C1. The molecule has 4 aromatic rings. The molecule has 5 rings (SSSR count). The lowest BCUT2D eigenvalue weighted by molar-refractivity contribution is -0.145. The number of amides is 1. The maximum absolute atomic E-state index is 13.3. The Morgan fingerprint density at radius 1 is 1.11 bits per heavy atom. The lowest BCUT2D eigenvalue weighted by Crippen LogP contribution is -2.49. The van der Waals surface area contributed by atoms with Crippen LogP contribution in [0.1, 0.15) is 13.8 Å². The minimum Gasteiger partial charge on any atom is -0.493 e. The van der Waals surface area contributed by atoms with Crippen molar-refractivity contribution in [1.82, 2.24) is 14.5 Å². The summed E-state index contributed by atoms with van der Waals surface area (Å²) in [6.07, 6.45) is 1.47. The Bertz CT molecular complexity index is 1490. The summed E-state index contributed by atoms with van der Waals surface area (Å²) >= 11 is 7.39. The van der Waals surface area contributed by atoms with Gasteiger partial charge in [0.05, 0.1) is 30.5 Å². The van der Waals surface area contributed by atoms with Crippen molar-refractivity contribution in [2.75, 3.05) is 26.8 Å². The number of nitrogens with zero attached hydrogens (tertiary/aromatic N) is 3. The first-order chi connectivity index (χ1) is 17.8. The van der Waals surface area contributed by atoms with Gasteiger partial charge in [0.2, 0.25) is 0 Å². The van der Waals surface area contributed by atoms with Crippen LogP contribution >= 0.6 is 22.9 Å². The van der Waals surface area contributed by atoms with Crippen LogP contribution in [0.4, 0.5) is 0 Å². The Labute approximate surface area is 223 Å². The predicted molar refractivity (Wildman–Crippen MR) is 144 cm³/mol. The van der Waals surface area contributed by atoms with Crippen LogP contribution in [0.2, 0.25) is 5.02 Å². The largest absolute Gasteiger partial charge is 0.493 e. The van der Waals surface area contributed by atoms with Gasteiger partial charge in [0.15, 0.2) is 18.1 Å². The monoisotopic (exact) mass is 539 g/mol. The number of carbonyl (C=O) groups excluding carboxylic acids is 1. The molecule has 1 saturated heterocycles. The van der Waals surface area contributed by atoms with Crippen molar-refractivity contribution in [2.45, 2.75) is 26.1 Å². The number of ether oxygens (including phenoxy) is 3. The molecule has 1 aliphatic heterocycles. The molecule has 2 aromatic carbocycles. The standard InChI is InChI=1S/C27H26ClN3O5S/c1-16-12-30(13-17(2)36-16)25(32)14-35-22-9-8-20(10-23(22)34-3)31-15-29-21-11-24(37-26(21)27(31)33)18-4-6-19(28)7-5-18/h4-11,15-17H,12-14H2,1-3H3. The Morgan fingerprint density at radius 2 is 1.84 bits per heavy atom. The number of rotatable bonds is 6. The maximum Gasteiger partial charge on any atom is 0.275 e. The molecular weight excluding hydrogens is 514 g/mol. The number of hydrogen-bond acceptors (Lipinski definition) is 7. The number of aromatic nitrogens is 2. The van der Waals surface area contributed by atoms with Crippen LogP contribution < -0.4 is 15.0 Å². The lowest BCUT2D eigenvalue weighted by atomic mass is 10.2. The zero-order chi connectivity index (χ0) is 26.1. The minimum atomic E-state index is -0.184. The van der Waals surface area contributed by atoms with E-state index in [0.29, 0.717) is 45.5 Å². The van der Waals surface area contributed by atoms with Gasteiger partial charge in [-0.25, -0.2) is 4.98 Å². The molecule has 2 atom stereocenters. The summed E-state index contributed by atoms with van der Waals surface area (Å²) in [7, 11) is 1.51. The summed E-state index contributed by atoms with van der Waals surface area (Å²) in [6, 6.07) is 14.5. The summed E-state index contributed by atoms with van der Waals surface area (Å²) in [5, 5.41) is 0.654. The van der Waals surface area contributed by atoms with Gasteiger partial charge < -0.3 is 19.1 Å². The quantitative estimate of drug-likeness (QED) is 0.350. The van der Waals surface area contributed by atoms with Gasteiger partial charge in [0.25, 0.3) is 11.5 Å². The first kappa shape index (κ1) is 25.3. The number of carbonyl (C=O) groups is 1. The third kappa shape index (κ3) is 5.34. The van der Waals surface area contributed by atoms with Gasteiger partial charge in [-0.15, -0.1) is 11.3 Å². The normalized spacial score (nSPS) is 17.7. The fourth-order valence-corrected chi connectivity index (χ4v) is 5.56. The first-order valence-corrected chi connectivity index (χ1v) is 13.0. The molecule has 10 heteroatoms. The zero-order valence-electron chi connectivity index (χ0n) is 20.6. The first-order valence-electron chi connectivity index (χ1n) is 11.8. The van der Waals surface area contributed by atoms with E-state index in [-0.39, 0.29) is 30.3 Å². The molecule has 2 aromatic heterocycles. The summed E-state index contributed by atoms with van der Waals surface area (Å²) in [4.78, 5) is 33.2. The van der Waals surface area contributed by atoms with Crippen molar-refractivity contribution in [3.05, 3.63) is 70.2 Å². The highest BCUT2D eigenvalue weighted by molar-refractivity contribution is 7.22. The maximum atomic E-state index is 13.3. The molecule has 192 valence electrons. The average molecular weight is 540 g/mol. The molecule has 3 heterocycles. The van der Waals surface area contributed by atoms with Gasteiger partial charge in [-0.05, 0) is 49.7 Å². The van der Waals surface area contributed by atoms with Crippen molar-refractivity contribution < 1.29 is 19.0 Å². The number of morpholine rings is 1. The Balaban J connectivity index is 1.37. The second-order valence-electron chi connectivity index (χ2n) is 8.93. The van der Waals surface area contributed by atoms with E-state index < -0.39 is 0 Å². The summed E-state index contributed by atoms with van der Waals surface area (Å²) in [5.74, 6) is 0.708. The third-order valence-electron chi connectivity index (χ3n) is 6.12. The van der Waals surface area contributed by atoms with Gasteiger partial charge in [0.1, 0.15) is 11.0 Å². The van der Waals surface area contributed by atoms with E-state index in [1.54, 1.807) is 23.1 Å². The van der Waals surface area contributed by atoms with Crippen molar-refractivity contribution in [2.24, 2.45) is 0 Å². The number of fused-ring (bicyclic) bond motifs is 1. The molecule has 0 radical (unpaired) electrons. The van der Waals surface area contributed by atoms with E-state index in [2.05, 4.69) is 4.98 Å². The second kappa shape index (κ2) is 10.5. The molecule has 0 spiro atoms. The van der Waals surface area contributed by atoms with Crippen molar-refractivity contribution in [3.8, 4) is 27.6 Å². The molecule has 0 N–H and O–H groups in total. The van der Waals surface area contributed by atoms with Gasteiger partial charge in [0, 0.05) is 29.1 Å². The van der Waals surface area contributed by atoms with Gasteiger partial charge in [-0.3, -0.25) is 14.2 Å². The molecule has 8 nitrogen and oxygen atoms in total. The summed E-state index contributed by atoms with van der Waals surface area (Å²) in [6.45, 7) is 4.83. The van der Waals surface area contributed by atoms with E-state index >= 15 is 0 Å². The van der Waals surface area contributed by atoms with E-state index in [1.165, 1.54) is 29.3 Å². The van der Waals surface area contributed by atoms with Crippen LogP contribution in [0.5, 0.6) is 11.5 Å². The van der Waals surface area contributed by atoms with Gasteiger partial charge >= 0.3 is 0 Å². The minimum absolute atomic E-state index is 0.0172. The highest BCUT2D eigenvalue weighted by Crippen LogP contribution is 2.33. The van der Waals surface area contributed by atoms with Crippen molar-refractivity contribution >= 4 is 39.1 Å². The number of methoxy groups -OCH3 is 1. The van der Waals surface area contributed by atoms with Crippen LogP contribution in [0.3, 0.4) is 0 Å². The van der Waals surface area contributed by atoms with Gasteiger partial charge in [-0.2, -0.15) is 0 Å². The zero-order valence-corrected chi connectivity index (χ0v) is 22.2. The van der Waals surface area contributed by atoms with Crippen molar-refractivity contribution in [1.29, 1.82) is 0 Å². The third-order valence-corrected chi connectivity index (χ3v) is 7.53. The molecule has 1 amide bonds. The molecule has 1 aliphatic rings. The Hall–Kier alpha value is -3.40. The molecule has 0 saturated carbocycles. The molecule has 2 unspecified atom stereocenters. The van der Waals surface area contributed by atoms with Crippen LogP contribution in [0.15, 0.2) is 59.7 Å². The Kier molecular flexibility index (Phi) is 7.19. The number of halogens is 1. The van der Waals surface area contributed by atoms with Crippen molar-refractivity contribution in [3.63, 3.8) is 0 Å². The van der Waals surface area contributed by atoms with E-state index in [4.69, 9.17) is 25.8 Å². The van der Waals surface area contributed by atoms with Crippen LogP contribution in [0.25, 0.3) is 26.3 Å². The number of benzene rings is 2. The highest BCUT2D eigenvalue weighted by atomic mass is 35.5. The molecule has 0 aliphatic carbocycles. The van der Waals surface area contributed by atoms with E-state index in [1.807, 2.05) is 44.2 Å². The predicted octanol–water partition coefficient (Wildman–Crippen LogP) is 4.79. The topological polar surface area (TPSA) is 82.9 Å². The molecular formula is C27H26ClN3O5S. The fraction of sp³-hybridized carbons (Fsp3) is 0.296. The molecule has 1 fully saturated rings. The van der Waals surface area contributed by atoms with Gasteiger partial charge in [-0.1, -0.05) is 23.7 Å². The van der Waals surface area contributed by atoms with E-state index in [9.17, 15) is 9.59 Å². The summed E-state index contributed by atoms with van der Waals surface area (Å²) in [5.41, 5.74) is 1.99. The number of hydrogen-bond donors (Lipinski definition) is 0. The second-order valence-corrected chi connectivity index (χ2v) is 10.4. The highest BCUT2D eigenvalue weighted by Gasteiger charge is 2.26.